The molecule has 0 fully saturated rings. The van der Waals surface area contributed by atoms with Gasteiger partial charge < -0.3 is 9.88 Å². The molecule has 0 bridgehead atoms. The van der Waals surface area contributed by atoms with E-state index in [0.29, 0.717) is 0 Å². The number of hydrogen-bond donors (Lipinski definition) is 1. The first-order chi connectivity index (χ1) is 10.8. The first-order valence-corrected chi connectivity index (χ1v) is 7.81. The monoisotopic (exact) mass is 289 g/mol. The highest BCUT2D eigenvalue weighted by Gasteiger charge is 2.27. The van der Waals surface area contributed by atoms with Crippen LogP contribution >= 0.6 is 0 Å². The number of benzene rings is 2. The molecule has 0 spiro atoms. The van der Waals surface area contributed by atoms with Crippen LogP contribution in [-0.4, -0.2) is 28.8 Å². The van der Waals surface area contributed by atoms with Crippen LogP contribution in [0.3, 0.4) is 0 Å². The van der Waals surface area contributed by atoms with Gasteiger partial charge in [-0.1, -0.05) is 48.5 Å². The summed E-state index contributed by atoms with van der Waals surface area (Å²) < 4.78 is 0. The van der Waals surface area contributed by atoms with Crippen molar-refractivity contribution in [3.63, 3.8) is 0 Å². The summed E-state index contributed by atoms with van der Waals surface area (Å²) >= 11 is 0. The standard InChI is InChI=1S/C19H19N3/c1-2-22-13-18(21-19(22)14-8-4-3-5-9-14)17-12-15-10-6-7-11-16(15)20-17/h3-12,18,20H,2,13H2,1H3. The molecule has 3 heteroatoms. The van der Waals surface area contributed by atoms with E-state index in [0.717, 1.165) is 18.9 Å². The Morgan fingerprint density at radius 3 is 2.64 bits per heavy atom. The Labute approximate surface area is 130 Å². The summed E-state index contributed by atoms with van der Waals surface area (Å²) in [6, 6.07) is 21.3. The maximum atomic E-state index is 4.99. The van der Waals surface area contributed by atoms with E-state index in [4.69, 9.17) is 4.99 Å². The minimum atomic E-state index is 0.183. The molecule has 0 saturated heterocycles. The second-order valence-electron chi connectivity index (χ2n) is 5.69. The largest absolute Gasteiger partial charge is 0.357 e. The summed E-state index contributed by atoms with van der Waals surface area (Å²) in [7, 11) is 0. The zero-order valence-electron chi connectivity index (χ0n) is 12.7. The van der Waals surface area contributed by atoms with Gasteiger partial charge in [-0.2, -0.15) is 0 Å². The second-order valence-corrected chi connectivity index (χ2v) is 5.69. The lowest BCUT2D eigenvalue weighted by molar-refractivity contribution is 0.446. The van der Waals surface area contributed by atoms with Crippen molar-refractivity contribution >= 4 is 16.7 Å². The number of likely N-dealkylation sites (N-methyl/N-ethyl adjacent to an activating group) is 1. The lowest BCUT2D eigenvalue weighted by Crippen LogP contribution is -2.28. The molecular weight excluding hydrogens is 270 g/mol. The molecule has 2 heterocycles. The van der Waals surface area contributed by atoms with E-state index in [2.05, 4.69) is 71.4 Å². The number of fused-ring (bicyclic) bond motifs is 1. The van der Waals surface area contributed by atoms with Crippen molar-refractivity contribution < 1.29 is 0 Å². The highest BCUT2D eigenvalue weighted by atomic mass is 15.3. The first-order valence-electron chi connectivity index (χ1n) is 7.81. The van der Waals surface area contributed by atoms with Crippen LogP contribution in [0.1, 0.15) is 24.2 Å². The van der Waals surface area contributed by atoms with Gasteiger partial charge in [0.15, 0.2) is 0 Å². The molecule has 1 atom stereocenters. The lowest BCUT2D eigenvalue weighted by Gasteiger charge is -2.18. The van der Waals surface area contributed by atoms with Crippen molar-refractivity contribution in [1.29, 1.82) is 0 Å². The van der Waals surface area contributed by atoms with Gasteiger partial charge in [-0.25, -0.2) is 0 Å². The SMILES string of the molecule is CCN1CC(c2cc3ccccc3[nH]2)N=C1c1ccccc1. The van der Waals surface area contributed by atoms with Gasteiger partial charge in [0.1, 0.15) is 11.9 Å². The Balaban J connectivity index is 1.72. The Morgan fingerprint density at radius 2 is 1.86 bits per heavy atom. The number of H-pyrrole nitrogens is 1. The van der Waals surface area contributed by atoms with E-state index in [1.54, 1.807) is 0 Å². The average molecular weight is 289 g/mol. The maximum absolute atomic E-state index is 4.99. The van der Waals surface area contributed by atoms with Gasteiger partial charge in [0.05, 0.1) is 0 Å². The van der Waals surface area contributed by atoms with E-state index >= 15 is 0 Å². The second kappa shape index (κ2) is 5.34. The number of amidine groups is 1. The van der Waals surface area contributed by atoms with Crippen LogP contribution in [-0.2, 0) is 0 Å². The summed E-state index contributed by atoms with van der Waals surface area (Å²) in [5, 5.41) is 1.25. The molecule has 0 radical (unpaired) electrons. The highest BCUT2D eigenvalue weighted by molar-refractivity contribution is 6.00. The van der Waals surface area contributed by atoms with Crippen LogP contribution in [0.2, 0.25) is 0 Å². The fourth-order valence-electron chi connectivity index (χ4n) is 3.13. The molecule has 1 unspecified atom stereocenters. The van der Waals surface area contributed by atoms with Crippen molar-refractivity contribution in [3.05, 3.63) is 71.9 Å². The molecule has 1 aliphatic heterocycles. The summed E-state index contributed by atoms with van der Waals surface area (Å²) in [6.45, 7) is 4.10. The number of rotatable bonds is 3. The van der Waals surface area contributed by atoms with Gasteiger partial charge in [-0.3, -0.25) is 4.99 Å². The maximum Gasteiger partial charge on any atom is 0.131 e. The number of para-hydroxylation sites is 1. The van der Waals surface area contributed by atoms with E-state index in [1.807, 2.05) is 6.07 Å². The van der Waals surface area contributed by atoms with Crippen molar-refractivity contribution in [2.75, 3.05) is 13.1 Å². The number of hydrogen-bond acceptors (Lipinski definition) is 2. The minimum Gasteiger partial charge on any atom is -0.357 e. The van der Waals surface area contributed by atoms with Gasteiger partial charge in [0.25, 0.3) is 0 Å². The molecule has 0 aliphatic carbocycles. The van der Waals surface area contributed by atoms with Crippen molar-refractivity contribution in [2.24, 2.45) is 4.99 Å². The quantitative estimate of drug-likeness (QED) is 0.776. The van der Waals surface area contributed by atoms with Crippen molar-refractivity contribution in [1.82, 2.24) is 9.88 Å². The zero-order chi connectivity index (χ0) is 14.9. The van der Waals surface area contributed by atoms with Gasteiger partial charge in [0.2, 0.25) is 0 Å². The minimum absolute atomic E-state index is 0.183. The van der Waals surface area contributed by atoms with Crippen LogP contribution < -0.4 is 0 Å². The van der Waals surface area contributed by atoms with Crippen molar-refractivity contribution in [2.45, 2.75) is 13.0 Å². The Hall–Kier alpha value is -2.55. The average Bonchev–Trinajstić information content (AvgIpc) is 3.19. The van der Waals surface area contributed by atoms with E-state index < -0.39 is 0 Å². The third-order valence-corrected chi connectivity index (χ3v) is 4.29. The topological polar surface area (TPSA) is 31.4 Å². The third kappa shape index (κ3) is 2.19. The molecule has 0 saturated carbocycles. The summed E-state index contributed by atoms with van der Waals surface area (Å²) in [4.78, 5) is 10.9. The molecule has 3 nitrogen and oxygen atoms in total. The van der Waals surface area contributed by atoms with Crippen LogP contribution in [0.15, 0.2) is 65.7 Å². The lowest BCUT2D eigenvalue weighted by atomic mass is 10.2. The summed E-state index contributed by atoms with van der Waals surface area (Å²) in [5.74, 6) is 1.10. The molecule has 1 aliphatic rings. The fourth-order valence-corrected chi connectivity index (χ4v) is 3.13. The summed E-state index contributed by atoms with van der Waals surface area (Å²) in [5.41, 5.74) is 3.58. The zero-order valence-corrected chi connectivity index (χ0v) is 12.7. The number of aromatic amines is 1. The van der Waals surface area contributed by atoms with Crippen LogP contribution in [0.5, 0.6) is 0 Å². The third-order valence-electron chi connectivity index (χ3n) is 4.29. The molecule has 22 heavy (non-hydrogen) atoms. The van der Waals surface area contributed by atoms with E-state index in [-0.39, 0.29) is 6.04 Å². The van der Waals surface area contributed by atoms with Gasteiger partial charge in [-0.05, 0) is 24.4 Å². The molecule has 1 aromatic heterocycles. The Kier molecular flexibility index (Phi) is 3.19. The number of aromatic nitrogens is 1. The number of nitrogens with one attached hydrogen (secondary N) is 1. The molecule has 110 valence electrons. The molecule has 0 amide bonds. The number of aliphatic imine (C=N–C) groups is 1. The predicted octanol–water partition coefficient (Wildman–Crippen LogP) is 3.99. The van der Waals surface area contributed by atoms with Crippen molar-refractivity contribution in [3.8, 4) is 0 Å². The smallest absolute Gasteiger partial charge is 0.131 e. The molecule has 3 aromatic rings. The van der Waals surface area contributed by atoms with Gasteiger partial charge in [-0.15, -0.1) is 0 Å². The molecule has 2 aromatic carbocycles. The Bertz CT molecular complexity index is 784. The number of nitrogens with zero attached hydrogens (tertiary/aromatic N) is 2. The first kappa shape index (κ1) is 13.1. The normalized spacial score (nSPS) is 18.0. The van der Waals surface area contributed by atoms with Crippen LogP contribution in [0.4, 0.5) is 0 Å². The Morgan fingerprint density at radius 1 is 1.09 bits per heavy atom. The van der Waals surface area contributed by atoms with E-state index in [1.165, 1.54) is 22.2 Å². The van der Waals surface area contributed by atoms with E-state index in [9.17, 15) is 0 Å². The van der Waals surface area contributed by atoms with Crippen LogP contribution in [0, 0.1) is 0 Å². The van der Waals surface area contributed by atoms with Gasteiger partial charge in [0, 0.05) is 29.9 Å². The highest BCUT2D eigenvalue weighted by Crippen LogP contribution is 2.29. The van der Waals surface area contributed by atoms with Crippen LogP contribution in [0.25, 0.3) is 10.9 Å². The fraction of sp³-hybridized carbons (Fsp3) is 0.211. The van der Waals surface area contributed by atoms with Gasteiger partial charge >= 0.3 is 0 Å². The predicted molar refractivity (Wildman–Crippen MR) is 91.3 cm³/mol. The summed E-state index contributed by atoms with van der Waals surface area (Å²) in [6.07, 6.45) is 0. The molecule has 1 N–H and O–H groups in total. The molecular formula is C19H19N3. The molecule has 4 rings (SSSR count).